The predicted molar refractivity (Wildman–Crippen MR) is 75.8 cm³/mol. The summed E-state index contributed by atoms with van der Waals surface area (Å²) in [5, 5.41) is 2.96. The Morgan fingerprint density at radius 2 is 2.00 bits per heavy atom. The van der Waals surface area contributed by atoms with Crippen molar-refractivity contribution < 1.29 is 4.74 Å². The molecule has 1 aromatic heterocycles. The van der Waals surface area contributed by atoms with Crippen LogP contribution in [-0.4, -0.2) is 40.2 Å². The molecule has 1 aromatic rings. The monoisotopic (exact) mass is 265 g/mol. The Kier molecular flexibility index (Phi) is 3.78. The second-order valence-electron chi connectivity index (χ2n) is 5.73. The summed E-state index contributed by atoms with van der Waals surface area (Å²) in [6, 6.07) is 0.382. The molecule has 0 spiro atoms. The molecule has 1 aliphatic heterocycles. The van der Waals surface area contributed by atoms with Crippen LogP contribution in [0.4, 0.5) is 11.9 Å². The van der Waals surface area contributed by atoms with Crippen molar-refractivity contribution in [2.24, 2.45) is 0 Å². The Bertz CT molecular complexity index is 447. The second-order valence-corrected chi connectivity index (χ2v) is 5.73. The number of hydrogen-bond acceptors (Lipinski definition) is 6. The molecule has 6 heteroatoms. The molecule has 0 atom stereocenters. The van der Waals surface area contributed by atoms with Gasteiger partial charge < -0.3 is 15.0 Å². The molecule has 0 aliphatic carbocycles. The van der Waals surface area contributed by atoms with Gasteiger partial charge in [-0.1, -0.05) is 0 Å². The van der Waals surface area contributed by atoms with Crippen LogP contribution in [0.1, 0.15) is 40.5 Å². The number of anilines is 2. The fourth-order valence-corrected chi connectivity index (χ4v) is 2.32. The van der Waals surface area contributed by atoms with Gasteiger partial charge in [-0.3, -0.25) is 0 Å². The van der Waals surface area contributed by atoms with Crippen molar-refractivity contribution in [3.63, 3.8) is 0 Å². The number of nitrogens with zero attached hydrogens (tertiary/aromatic N) is 4. The molecule has 6 nitrogen and oxygen atoms in total. The standard InChI is InChI=1S/C13H23N5O/c1-9(2)19-12-16-10(14-5)15-11(17-12)18-8-6-7-13(18,3)4/h9H,6-8H2,1-5H3,(H,14,15,16,17). The lowest BCUT2D eigenvalue weighted by Gasteiger charge is -2.31. The third-order valence-electron chi connectivity index (χ3n) is 3.31. The highest BCUT2D eigenvalue weighted by molar-refractivity contribution is 5.41. The van der Waals surface area contributed by atoms with Crippen LogP contribution in [0.5, 0.6) is 6.01 Å². The third kappa shape index (κ3) is 3.05. The van der Waals surface area contributed by atoms with Gasteiger partial charge in [-0.05, 0) is 40.5 Å². The van der Waals surface area contributed by atoms with E-state index in [9.17, 15) is 0 Å². The summed E-state index contributed by atoms with van der Waals surface area (Å²) in [7, 11) is 1.80. The van der Waals surface area contributed by atoms with Crippen LogP contribution in [0.15, 0.2) is 0 Å². The van der Waals surface area contributed by atoms with Crippen LogP contribution in [0.3, 0.4) is 0 Å². The average Bonchev–Trinajstić information content (AvgIpc) is 2.67. The Morgan fingerprint density at radius 3 is 2.53 bits per heavy atom. The van der Waals surface area contributed by atoms with Gasteiger partial charge in [-0.2, -0.15) is 15.0 Å². The van der Waals surface area contributed by atoms with Gasteiger partial charge in [0.25, 0.3) is 0 Å². The van der Waals surface area contributed by atoms with Gasteiger partial charge in [-0.15, -0.1) is 0 Å². The highest BCUT2D eigenvalue weighted by Crippen LogP contribution is 2.32. The minimum Gasteiger partial charge on any atom is -0.461 e. The van der Waals surface area contributed by atoms with Crippen molar-refractivity contribution in [2.45, 2.75) is 52.2 Å². The Hall–Kier alpha value is -1.59. The first kappa shape index (κ1) is 13.8. The Labute approximate surface area is 114 Å². The maximum Gasteiger partial charge on any atom is 0.323 e. The van der Waals surface area contributed by atoms with Gasteiger partial charge in [0.1, 0.15) is 0 Å². The van der Waals surface area contributed by atoms with Gasteiger partial charge in [0, 0.05) is 19.1 Å². The first-order valence-electron chi connectivity index (χ1n) is 6.80. The van der Waals surface area contributed by atoms with Crippen molar-refractivity contribution >= 4 is 11.9 Å². The summed E-state index contributed by atoms with van der Waals surface area (Å²) < 4.78 is 5.60. The lowest BCUT2D eigenvalue weighted by Crippen LogP contribution is -2.39. The van der Waals surface area contributed by atoms with Crippen molar-refractivity contribution in [1.29, 1.82) is 0 Å². The van der Waals surface area contributed by atoms with Gasteiger partial charge in [0.15, 0.2) is 0 Å². The Balaban J connectivity index is 2.34. The van der Waals surface area contributed by atoms with Crippen LogP contribution in [0, 0.1) is 0 Å². The van der Waals surface area contributed by atoms with Gasteiger partial charge in [0.05, 0.1) is 6.10 Å². The van der Waals surface area contributed by atoms with E-state index in [-0.39, 0.29) is 11.6 Å². The molecule has 19 heavy (non-hydrogen) atoms. The fourth-order valence-electron chi connectivity index (χ4n) is 2.32. The molecule has 1 fully saturated rings. The van der Waals surface area contributed by atoms with Crippen molar-refractivity contribution in [3.8, 4) is 6.01 Å². The first-order chi connectivity index (χ1) is 8.92. The van der Waals surface area contributed by atoms with Crippen LogP contribution in [-0.2, 0) is 0 Å². The Morgan fingerprint density at radius 1 is 1.26 bits per heavy atom. The largest absolute Gasteiger partial charge is 0.461 e. The normalized spacial score (nSPS) is 17.9. The maximum absolute atomic E-state index is 5.60. The van der Waals surface area contributed by atoms with E-state index in [4.69, 9.17) is 4.74 Å². The summed E-state index contributed by atoms with van der Waals surface area (Å²) in [4.78, 5) is 15.3. The highest BCUT2D eigenvalue weighted by atomic mass is 16.5. The molecule has 1 aliphatic rings. The smallest absolute Gasteiger partial charge is 0.323 e. The van der Waals surface area contributed by atoms with Crippen LogP contribution in [0.2, 0.25) is 0 Å². The maximum atomic E-state index is 5.60. The zero-order valence-electron chi connectivity index (χ0n) is 12.4. The van der Waals surface area contributed by atoms with Crippen LogP contribution in [0.25, 0.3) is 0 Å². The van der Waals surface area contributed by atoms with Crippen LogP contribution < -0.4 is 15.0 Å². The summed E-state index contributed by atoms with van der Waals surface area (Å²) >= 11 is 0. The van der Waals surface area contributed by atoms with E-state index in [1.165, 1.54) is 0 Å². The van der Waals surface area contributed by atoms with E-state index in [0.29, 0.717) is 17.9 Å². The fraction of sp³-hybridized carbons (Fsp3) is 0.769. The SMILES string of the molecule is CNc1nc(OC(C)C)nc(N2CCCC2(C)C)n1. The summed E-state index contributed by atoms with van der Waals surface area (Å²) in [6.07, 6.45) is 2.36. The minimum atomic E-state index is 0.0477. The van der Waals surface area contributed by atoms with Gasteiger partial charge in [-0.25, -0.2) is 0 Å². The topological polar surface area (TPSA) is 63.2 Å². The number of rotatable bonds is 4. The van der Waals surface area contributed by atoms with Crippen LogP contribution >= 0.6 is 0 Å². The molecule has 2 rings (SSSR count). The minimum absolute atomic E-state index is 0.0477. The van der Waals surface area contributed by atoms with E-state index < -0.39 is 0 Å². The lowest BCUT2D eigenvalue weighted by atomic mass is 10.0. The lowest BCUT2D eigenvalue weighted by molar-refractivity contribution is 0.222. The molecule has 0 saturated carbocycles. The van der Waals surface area contributed by atoms with Gasteiger partial charge in [0.2, 0.25) is 11.9 Å². The van der Waals surface area contributed by atoms with Crippen molar-refractivity contribution in [2.75, 3.05) is 23.8 Å². The summed E-state index contributed by atoms with van der Waals surface area (Å²) in [5.41, 5.74) is 0.0848. The number of nitrogens with one attached hydrogen (secondary N) is 1. The zero-order valence-corrected chi connectivity index (χ0v) is 12.4. The van der Waals surface area contributed by atoms with E-state index >= 15 is 0 Å². The molecule has 1 saturated heterocycles. The molecule has 0 aromatic carbocycles. The number of aromatic nitrogens is 3. The average molecular weight is 265 g/mol. The molecule has 2 heterocycles. The molecule has 0 unspecified atom stereocenters. The second kappa shape index (κ2) is 5.19. The van der Waals surface area contributed by atoms with Crippen molar-refractivity contribution in [3.05, 3.63) is 0 Å². The van der Waals surface area contributed by atoms with E-state index in [1.807, 2.05) is 13.8 Å². The quantitative estimate of drug-likeness (QED) is 0.899. The van der Waals surface area contributed by atoms with Gasteiger partial charge >= 0.3 is 6.01 Å². The highest BCUT2D eigenvalue weighted by Gasteiger charge is 2.34. The number of ether oxygens (including phenoxy) is 1. The molecule has 0 bridgehead atoms. The molecule has 0 amide bonds. The molecule has 106 valence electrons. The summed E-state index contributed by atoms with van der Waals surface area (Å²) in [5.74, 6) is 1.24. The molecular formula is C13H23N5O. The van der Waals surface area contributed by atoms with E-state index in [2.05, 4.69) is 39.0 Å². The summed E-state index contributed by atoms with van der Waals surface area (Å²) in [6.45, 7) is 9.32. The van der Waals surface area contributed by atoms with Crippen molar-refractivity contribution in [1.82, 2.24) is 15.0 Å². The van der Waals surface area contributed by atoms with E-state index in [0.717, 1.165) is 19.4 Å². The molecule has 1 N–H and O–H groups in total. The molecule has 0 radical (unpaired) electrons. The zero-order chi connectivity index (χ0) is 14.0. The van der Waals surface area contributed by atoms with E-state index in [1.54, 1.807) is 7.05 Å². The third-order valence-corrected chi connectivity index (χ3v) is 3.31. The number of hydrogen-bond donors (Lipinski definition) is 1. The predicted octanol–water partition coefficient (Wildman–Crippen LogP) is 2.08. The first-order valence-corrected chi connectivity index (χ1v) is 6.80. The molecular weight excluding hydrogens is 242 g/mol.